The highest BCUT2D eigenvalue weighted by Crippen LogP contribution is 2.05. The molecule has 2 heteroatoms. The van der Waals surface area contributed by atoms with Crippen LogP contribution in [0.25, 0.3) is 0 Å². The van der Waals surface area contributed by atoms with Gasteiger partial charge in [0.25, 0.3) is 0 Å². The SMILES string of the molecule is Cc1ccc(CCC([O])=O)cc1. The Morgan fingerprint density at radius 1 is 1.25 bits per heavy atom. The Balaban J connectivity index is 2.53. The van der Waals surface area contributed by atoms with Gasteiger partial charge in [0.2, 0.25) is 0 Å². The third-order valence-corrected chi connectivity index (χ3v) is 1.74. The van der Waals surface area contributed by atoms with Crippen molar-refractivity contribution >= 4 is 5.97 Å². The first-order valence-electron chi connectivity index (χ1n) is 3.94. The lowest BCUT2D eigenvalue weighted by molar-refractivity contribution is -0.143. The summed E-state index contributed by atoms with van der Waals surface area (Å²) in [6, 6.07) is 7.84. The second kappa shape index (κ2) is 3.90. The lowest BCUT2D eigenvalue weighted by Gasteiger charge is -1.97. The van der Waals surface area contributed by atoms with Crippen molar-refractivity contribution in [2.24, 2.45) is 0 Å². The molecule has 63 valence electrons. The van der Waals surface area contributed by atoms with E-state index in [0.29, 0.717) is 6.42 Å². The van der Waals surface area contributed by atoms with Gasteiger partial charge in [-0.1, -0.05) is 29.8 Å². The lowest BCUT2D eigenvalue weighted by Crippen LogP contribution is -1.95. The van der Waals surface area contributed by atoms with Crippen molar-refractivity contribution in [2.75, 3.05) is 0 Å². The Kier molecular flexibility index (Phi) is 2.86. The summed E-state index contributed by atoms with van der Waals surface area (Å²) < 4.78 is 0. The first-order valence-corrected chi connectivity index (χ1v) is 3.94. The summed E-state index contributed by atoms with van der Waals surface area (Å²) in [5, 5.41) is 10.1. The highest BCUT2D eigenvalue weighted by Gasteiger charge is 1.99. The molecular weight excluding hydrogens is 152 g/mol. The van der Waals surface area contributed by atoms with Crippen LogP contribution in [0.5, 0.6) is 0 Å². The zero-order valence-corrected chi connectivity index (χ0v) is 7.04. The molecule has 0 spiro atoms. The summed E-state index contributed by atoms with van der Waals surface area (Å²) in [5.74, 6) is -0.990. The van der Waals surface area contributed by atoms with Gasteiger partial charge in [-0.05, 0) is 18.9 Å². The highest BCUT2D eigenvalue weighted by molar-refractivity contribution is 5.66. The van der Waals surface area contributed by atoms with Crippen molar-refractivity contribution in [3.63, 3.8) is 0 Å². The van der Waals surface area contributed by atoms with Crippen molar-refractivity contribution in [1.29, 1.82) is 0 Å². The summed E-state index contributed by atoms with van der Waals surface area (Å²) >= 11 is 0. The number of carbonyl (C=O) groups is 1. The number of hydrogen-bond acceptors (Lipinski definition) is 1. The van der Waals surface area contributed by atoms with E-state index in [9.17, 15) is 9.90 Å². The molecule has 12 heavy (non-hydrogen) atoms. The quantitative estimate of drug-likeness (QED) is 0.670. The van der Waals surface area contributed by atoms with Crippen LogP contribution in [0, 0.1) is 6.92 Å². The summed E-state index contributed by atoms with van der Waals surface area (Å²) in [5.41, 5.74) is 2.23. The van der Waals surface area contributed by atoms with Gasteiger partial charge in [0, 0.05) is 0 Å². The molecule has 0 atom stereocenters. The van der Waals surface area contributed by atoms with Gasteiger partial charge in [0.1, 0.15) is 0 Å². The molecule has 2 nitrogen and oxygen atoms in total. The third-order valence-electron chi connectivity index (χ3n) is 1.74. The van der Waals surface area contributed by atoms with Gasteiger partial charge >= 0.3 is 5.97 Å². The highest BCUT2D eigenvalue weighted by atomic mass is 16.4. The molecule has 1 aromatic carbocycles. The predicted molar refractivity (Wildman–Crippen MR) is 45.2 cm³/mol. The van der Waals surface area contributed by atoms with Crippen LogP contribution in [-0.2, 0) is 16.3 Å². The predicted octanol–water partition coefficient (Wildman–Crippen LogP) is 1.88. The zero-order valence-electron chi connectivity index (χ0n) is 7.04. The summed E-state index contributed by atoms with van der Waals surface area (Å²) in [7, 11) is 0. The van der Waals surface area contributed by atoms with E-state index in [1.54, 1.807) is 0 Å². The molecule has 1 rings (SSSR count). The fourth-order valence-electron chi connectivity index (χ4n) is 1.00. The third kappa shape index (κ3) is 2.74. The van der Waals surface area contributed by atoms with Crippen LogP contribution in [0.15, 0.2) is 24.3 Å². The molecule has 1 radical (unpaired) electrons. The van der Waals surface area contributed by atoms with Crippen molar-refractivity contribution < 1.29 is 9.90 Å². The van der Waals surface area contributed by atoms with Gasteiger partial charge in [0.15, 0.2) is 0 Å². The molecule has 0 aliphatic heterocycles. The van der Waals surface area contributed by atoms with Gasteiger partial charge < -0.3 is 0 Å². The minimum atomic E-state index is -0.990. The van der Waals surface area contributed by atoms with Crippen LogP contribution in [0.3, 0.4) is 0 Å². The topological polar surface area (TPSA) is 37.0 Å². The maximum Gasteiger partial charge on any atom is 0.355 e. The molecular formula is C10H11O2. The van der Waals surface area contributed by atoms with Gasteiger partial charge in [-0.2, -0.15) is 0 Å². The molecule has 0 aliphatic rings. The van der Waals surface area contributed by atoms with Gasteiger partial charge in [-0.3, -0.25) is 0 Å². The number of hydrogen-bond donors (Lipinski definition) is 0. The average molecular weight is 163 g/mol. The first kappa shape index (κ1) is 8.78. The Hall–Kier alpha value is -1.31. The smallest absolute Gasteiger partial charge is 0.247 e. The standard InChI is InChI=1S/C10H11O2/c1-8-2-4-9(5-3-8)6-7-10(11)12/h2-5H,6-7H2,1H3. The second-order valence-electron chi connectivity index (χ2n) is 2.86. The van der Waals surface area contributed by atoms with Crippen molar-refractivity contribution in [3.05, 3.63) is 35.4 Å². The summed E-state index contributed by atoms with van der Waals surface area (Å²) in [4.78, 5) is 10.1. The monoisotopic (exact) mass is 163 g/mol. The van der Waals surface area contributed by atoms with E-state index in [2.05, 4.69) is 0 Å². The average Bonchev–Trinajstić information content (AvgIpc) is 2.03. The summed E-state index contributed by atoms with van der Waals surface area (Å²) in [6.07, 6.45) is 0.658. The van der Waals surface area contributed by atoms with E-state index in [1.165, 1.54) is 5.56 Å². The molecule has 0 amide bonds. The van der Waals surface area contributed by atoms with Crippen LogP contribution >= 0.6 is 0 Å². The maximum atomic E-state index is 10.1. The molecule has 0 aliphatic carbocycles. The fraction of sp³-hybridized carbons (Fsp3) is 0.300. The van der Waals surface area contributed by atoms with Crippen molar-refractivity contribution in [3.8, 4) is 0 Å². The lowest BCUT2D eigenvalue weighted by atomic mass is 10.1. The van der Waals surface area contributed by atoms with E-state index < -0.39 is 5.97 Å². The minimum Gasteiger partial charge on any atom is -0.247 e. The molecule has 0 bridgehead atoms. The molecule has 0 N–H and O–H groups in total. The van der Waals surface area contributed by atoms with Crippen LogP contribution in [0.2, 0.25) is 0 Å². The van der Waals surface area contributed by atoms with Gasteiger partial charge in [-0.15, -0.1) is 0 Å². The molecule has 0 fully saturated rings. The zero-order chi connectivity index (χ0) is 8.97. The normalized spacial score (nSPS) is 9.75. The van der Waals surface area contributed by atoms with Crippen LogP contribution in [0.1, 0.15) is 17.5 Å². The molecule has 0 saturated carbocycles. The number of rotatable bonds is 3. The van der Waals surface area contributed by atoms with Crippen LogP contribution in [-0.4, -0.2) is 5.97 Å². The molecule has 0 aromatic heterocycles. The number of benzene rings is 1. The maximum absolute atomic E-state index is 10.1. The van der Waals surface area contributed by atoms with Crippen molar-refractivity contribution in [1.82, 2.24) is 0 Å². The van der Waals surface area contributed by atoms with E-state index >= 15 is 0 Å². The summed E-state index contributed by atoms with van der Waals surface area (Å²) in [6.45, 7) is 2.00. The largest absolute Gasteiger partial charge is 0.355 e. The van der Waals surface area contributed by atoms with E-state index in [0.717, 1.165) is 5.56 Å². The minimum absolute atomic E-state index is 0.100. The van der Waals surface area contributed by atoms with E-state index in [1.807, 2.05) is 31.2 Å². The molecule has 1 aromatic rings. The Labute approximate surface area is 71.8 Å². The molecule has 0 saturated heterocycles. The van der Waals surface area contributed by atoms with Gasteiger partial charge in [-0.25, -0.2) is 9.90 Å². The fourth-order valence-corrected chi connectivity index (χ4v) is 1.00. The number of carbonyl (C=O) groups excluding carboxylic acids is 1. The molecule has 0 unspecified atom stereocenters. The van der Waals surface area contributed by atoms with E-state index in [4.69, 9.17) is 0 Å². The second-order valence-corrected chi connectivity index (χ2v) is 2.86. The molecule has 0 heterocycles. The van der Waals surface area contributed by atoms with Gasteiger partial charge in [0.05, 0.1) is 6.42 Å². The van der Waals surface area contributed by atoms with Crippen molar-refractivity contribution in [2.45, 2.75) is 19.8 Å². The first-order chi connectivity index (χ1) is 5.68. The van der Waals surface area contributed by atoms with E-state index in [-0.39, 0.29) is 6.42 Å². The van der Waals surface area contributed by atoms with Crippen LogP contribution in [0.4, 0.5) is 0 Å². The Morgan fingerprint density at radius 3 is 2.33 bits per heavy atom. The van der Waals surface area contributed by atoms with Crippen LogP contribution < -0.4 is 0 Å². The Bertz CT molecular complexity index is 262. The Morgan fingerprint density at radius 2 is 1.83 bits per heavy atom. The number of aryl methyl sites for hydroxylation is 2.